The highest BCUT2D eigenvalue weighted by Gasteiger charge is 2.22. The number of hydrogen-bond donors (Lipinski definition) is 1. The standard InChI is InChI=1S/C12H17ClN2O2S/c13-10-2-9-18-11(10)12(17)15-4-1-3-14(5-6-15)7-8-16/h2,9,16H,1,3-8H2. The van der Waals surface area contributed by atoms with E-state index in [0.29, 0.717) is 23.0 Å². The first-order chi connectivity index (χ1) is 8.72. The molecule has 0 aliphatic carbocycles. The van der Waals surface area contributed by atoms with E-state index in [2.05, 4.69) is 4.90 Å². The minimum atomic E-state index is 0.0286. The number of amides is 1. The van der Waals surface area contributed by atoms with E-state index in [1.54, 1.807) is 6.07 Å². The van der Waals surface area contributed by atoms with Gasteiger partial charge in [0.05, 0.1) is 11.6 Å². The van der Waals surface area contributed by atoms with Gasteiger partial charge in [0.2, 0.25) is 0 Å². The molecule has 2 heterocycles. The lowest BCUT2D eigenvalue weighted by molar-refractivity contribution is 0.0765. The van der Waals surface area contributed by atoms with Gasteiger partial charge in [-0.15, -0.1) is 11.3 Å². The Hall–Kier alpha value is -0.620. The van der Waals surface area contributed by atoms with Crippen molar-refractivity contribution in [1.29, 1.82) is 0 Å². The monoisotopic (exact) mass is 288 g/mol. The van der Waals surface area contributed by atoms with Crippen LogP contribution in [-0.4, -0.2) is 60.1 Å². The third-order valence-electron chi connectivity index (χ3n) is 3.10. The molecule has 100 valence electrons. The topological polar surface area (TPSA) is 43.8 Å². The number of halogens is 1. The van der Waals surface area contributed by atoms with Crippen molar-refractivity contribution in [1.82, 2.24) is 9.80 Å². The second-order valence-electron chi connectivity index (χ2n) is 4.31. The van der Waals surface area contributed by atoms with Gasteiger partial charge < -0.3 is 10.0 Å². The fraction of sp³-hybridized carbons (Fsp3) is 0.583. The van der Waals surface area contributed by atoms with Gasteiger partial charge in [-0.25, -0.2) is 0 Å². The van der Waals surface area contributed by atoms with Crippen molar-refractivity contribution in [2.45, 2.75) is 6.42 Å². The number of hydrogen-bond acceptors (Lipinski definition) is 4. The van der Waals surface area contributed by atoms with Gasteiger partial charge in [-0.3, -0.25) is 9.69 Å². The van der Waals surface area contributed by atoms with Crippen LogP contribution in [0.2, 0.25) is 5.02 Å². The number of β-amino-alcohol motifs (C(OH)–C–C–N with tert-alkyl or cyclic N) is 1. The van der Waals surface area contributed by atoms with Crippen LogP contribution in [0.1, 0.15) is 16.1 Å². The molecule has 1 saturated heterocycles. The van der Waals surface area contributed by atoms with Crippen molar-refractivity contribution < 1.29 is 9.90 Å². The Morgan fingerprint density at radius 1 is 1.39 bits per heavy atom. The molecular weight excluding hydrogens is 272 g/mol. The molecule has 0 bridgehead atoms. The molecule has 0 unspecified atom stereocenters. The summed E-state index contributed by atoms with van der Waals surface area (Å²) in [6, 6.07) is 1.76. The van der Waals surface area contributed by atoms with Crippen molar-refractivity contribution in [3.05, 3.63) is 21.3 Å². The van der Waals surface area contributed by atoms with Gasteiger partial charge in [-0.05, 0) is 24.4 Å². The molecule has 18 heavy (non-hydrogen) atoms. The fourth-order valence-electron chi connectivity index (χ4n) is 2.13. The van der Waals surface area contributed by atoms with Crippen LogP contribution >= 0.6 is 22.9 Å². The highest BCUT2D eigenvalue weighted by Crippen LogP contribution is 2.24. The molecule has 1 amide bonds. The Morgan fingerprint density at radius 3 is 2.89 bits per heavy atom. The lowest BCUT2D eigenvalue weighted by atomic mass is 10.3. The largest absolute Gasteiger partial charge is 0.395 e. The molecule has 1 aliphatic rings. The molecular formula is C12H17ClN2O2S. The molecule has 1 fully saturated rings. The van der Waals surface area contributed by atoms with Crippen LogP contribution in [0.25, 0.3) is 0 Å². The summed E-state index contributed by atoms with van der Waals surface area (Å²) >= 11 is 7.38. The summed E-state index contributed by atoms with van der Waals surface area (Å²) in [5, 5.41) is 11.3. The van der Waals surface area contributed by atoms with Crippen molar-refractivity contribution in [2.24, 2.45) is 0 Å². The normalized spacial score (nSPS) is 17.8. The van der Waals surface area contributed by atoms with E-state index in [4.69, 9.17) is 16.7 Å². The van der Waals surface area contributed by atoms with Crippen LogP contribution in [-0.2, 0) is 0 Å². The number of carbonyl (C=O) groups is 1. The van der Waals surface area contributed by atoms with Gasteiger partial charge in [-0.1, -0.05) is 11.6 Å². The molecule has 0 atom stereocenters. The first-order valence-electron chi connectivity index (χ1n) is 6.08. The van der Waals surface area contributed by atoms with Crippen LogP contribution < -0.4 is 0 Å². The maximum absolute atomic E-state index is 12.3. The summed E-state index contributed by atoms with van der Waals surface area (Å²) in [5.41, 5.74) is 0. The maximum atomic E-state index is 12.3. The SMILES string of the molecule is O=C(c1sccc1Cl)N1CCCN(CCO)CC1. The van der Waals surface area contributed by atoms with Crippen molar-refractivity contribution in [3.63, 3.8) is 0 Å². The summed E-state index contributed by atoms with van der Waals surface area (Å²) in [6.07, 6.45) is 0.939. The van der Waals surface area contributed by atoms with E-state index < -0.39 is 0 Å². The van der Waals surface area contributed by atoms with Gasteiger partial charge >= 0.3 is 0 Å². The first kappa shape index (κ1) is 13.8. The maximum Gasteiger partial charge on any atom is 0.265 e. The lowest BCUT2D eigenvalue weighted by Crippen LogP contribution is -2.35. The van der Waals surface area contributed by atoms with E-state index in [-0.39, 0.29) is 12.5 Å². The van der Waals surface area contributed by atoms with Crippen LogP contribution in [0.4, 0.5) is 0 Å². The Balaban J connectivity index is 1.98. The zero-order chi connectivity index (χ0) is 13.0. The van der Waals surface area contributed by atoms with Crippen molar-refractivity contribution in [2.75, 3.05) is 39.3 Å². The first-order valence-corrected chi connectivity index (χ1v) is 7.33. The smallest absolute Gasteiger partial charge is 0.265 e. The summed E-state index contributed by atoms with van der Waals surface area (Å²) in [4.78, 5) is 17.0. The number of nitrogens with zero attached hydrogens (tertiary/aromatic N) is 2. The van der Waals surface area contributed by atoms with Gasteiger partial charge in [0.25, 0.3) is 5.91 Å². The van der Waals surface area contributed by atoms with E-state index >= 15 is 0 Å². The molecule has 1 aromatic rings. The van der Waals surface area contributed by atoms with Gasteiger partial charge in [0, 0.05) is 26.2 Å². The number of thiophene rings is 1. The van der Waals surface area contributed by atoms with Gasteiger partial charge in [0.15, 0.2) is 0 Å². The second-order valence-corrected chi connectivity index (χ2v) is 5.63. The summed E-state index contributed by atoms with van der Waals surface area (Å²) in [7, 11) is 0. The molecule has 0 radical (unpaired) electrons. The Bertz CT molecular complexity index is 411. The average Bonchev–Trinajstić information content (AvgIpc) is 2.64. The number of aliphatic hydroxyl groups is 1. The zero-order valence-electron chi connectivity index (χ0n) is 10.1. The van der Waals surface area contributed by atoms with Crippen LogP contribution in [0.3, 0.4) is 0 Å². The molecule has 0 aromatic carbocycles. The van der Waals surface area contributed by atoms with Gasteiger partial charge in [0.1, 0.15) is 4.88 Å². The molecule has 1 aromatic heterocycles. The minimum absolute atomic E-state index is 0.0286. The molecule has 2 rings (SSSR count). The highest BCUT2D eigenvalue weighted by atomic mass is 35.5. The van der Waals surface area contributed by atoms with E-state index in [1.807, 2.05) is 10.3 Å². The molecule has 4 nitrogen and oxygen atoms in total. The molecule has 6 heteroatoms. The second kappa shape index (κ2) is 6.52. The van der Waals surface area contributed by atoms with E-state index in [1.165, 1.54) is 11.3 Å². The van der Waals surface area contributed by atoms with Crippen molar-refractivity contribution in [3.8, 4) is 0 Å². The predicted octanol–water partition coefficient (Wildman–Crippen LogP) is 1.54. The quantitative estimate of drug-likeness (QED) is 0.918. The van der Waals surface area contributed by atoms with Crippen molar-refractivity contribution >= 4 is 28.8 Å². The molecule has 1 aliphatic heterocycles. The summed E-state index contributed by atoms with van der Waals surface area (Å²) in [5.74, 6) is 0.0286. The number of rotatable bonds is 3. The number of carbonyl (C=O) groups excluding carboxylic acids is 1. The molecule has 1 N–H and O–H groups in total. The Morgan fingerprint density at radius 2 is 2.22 bits per heavy atom. The highest BCUT2D eigenvalue weighted by molar-refractivity contribution is 7.12. The minimum Gasteiger partial charge on any atom is -0.395 e. The fourth-order valence-corrected chi connectivity index (χ4v) is 3.23. The van der Waals surface area contributed by atoms with E-state index in [0.717, 1.165) is 26.1 Å². The third-order valence-corrected chi connectivity index (χ3v) is 4.43. The van der Waals surface area contributed by atoms with Crippen LogP contribution in [0.5, 0.6) is 0 Å². The van der Waals surface area contributed by atoms with Crippen LogP contribution in [0, 0.1) is 0 Å². The van der Waals surface area contributed by atoms with Crippen LogP contribution in [0.15, 0.2) is 11.4 Å². The Kier molecular flexibility index (Phi) is 5.00. The van der Waals surface area contributed by atoms with Gasteiger partial charge in [-0.2, -0.15) is 0 Å². The zero-order valence-corrected chi connectivity index (χ0v) is 11.7. The summed E-state index contributed by atoms with van der Waals surface area (Å²) < 4.78 is 0. The number of aliphatic hydroxyl groups excluding tert-OH is 1. The Labute approximate surface area is 116 Å². The molecule has 0 saturated carbocycles. The predicted molar refractivity (Wildman–Crippen MR) is 73.4 cm³/mol. The average molecular weight is 289 g/mol. The third kappa shape index (κ3) is 3.23. The summed E-state index contributed by atoms with van der Waals surface area (Å²) in [6.45, 7) is 4.06. The lowest BCUT2D eigenvalue weighted by Gasteiger charge is -2.21. The molecule has 0 spiro atoms. The van der Waals surface area contributed by atoms with E-state index in [9.17, 15) is 4.79 Å².